The lowest BCUT2D eigenvalue weighted by molar-refractivity contribution is 0.166. The molecule has 0 saturated carbocycles. The highest BCUT2D eigenvalue weighted by Gasteiger charge is 2.54. The molecule has 0 aliphatic rings. The average Bonchev–Trinajstić information content (AvgIpc) is 2.80. The first kappa shape index (κ1) is 25.1. The second kappa shape index (κ2) is 12.1. The van der Waals surface area contributed by atoms with Crippen LogP contribution in [-0.4, -0.2) is 17.6 Å². The van der Waals surface area contributed by atoms with Crippen molar-refractivity contribution in [2.45, 2.75) is 20.0 Å². The van der Waals surface area contributed by atoms with Gasteiger partial charge in [0, 0.05) is 13.1 Å². The minimum absolute atomic E-state index is 0.638. The first-order valence-electron chi connectivity index (χ1n) is 11.0. The molecule has 7 heteroatoms. The minimum atomic E-state index is -3.38. The maximum Gasteiger partial charge on any atom is 0.623 e. The maximum atomic E-state index is 6.62. The van der Waals surface area contributed by atoms with E-state index in [0.29, 0.717) is 23.0 Å². The van der Waals surface area contributed by atoms with Gasteiger partial charge in [-0.2, -0.15) is 0 Å². The average molecular weight is 491 g/mol. The molecule has 0 spiro atoms. The summed E-state index contributed by atoms with van der Waals surface area (Å²) >= 11 is 0. The maximum absolute atomic E-state index is 6.62. The highest BCUT2D eigenvalue weighted by atomic mass is 28.5. The highest BCUT2D eigenvalue weighted by Crippen LogP contribution is 2.27. The van der Waals surface area contributed by atoms with E-state index in [1.165, 1.54) is 0 Å². The van der Waals surface area contributed by atoms with Gasteiger partial charge in [-0.15, -0.1) is 0 Å². The molecule has 3 aromatic carbocycles. The molecule has 0 aliphatic heterocycles. The molecule has 1 atom stereocenters. The summed E-state index contributed by atoms with van der Waals surface area (Å²) in [7, 11) is -6.75. The first-order chi connectivity index (χ1) is 16.4. The van der Waals surface area contributed by atoms with Crippen molar-refractivity contribution in [3.63, 3.8) is 0 Å². The lowest BCUT2D eigenvalue weighted by Crippen LogP contribution is -2.60. The van der Waals surface area contributed by atoms with Crippen LogP contribution in [0.1, 0.15) is 6.92 Å². The Kier molecular flexibility index (Phi) is 8.92. The van der Waals surface area contributed by atoms with E-state index >= 15 is 0 Å². The van der Waals surface area contributed by atoms with Gasteiger partial charge in [0.15, 0.2) is 0 Å². The quantitative estimate of drug-likeness (QED) is 0.155. The zero-order chi connectivity index (χ0) is 24.3. The van der Waals surface area contributed by atoms with Gasteiger partial charge in [-0.05, 0) is 49.4 Å². The Morgan fingerprint density at radius 2 is 1.06 bits per heavy atom. The molecule has 5 nitrogen and oxygen atoms in total. The minimum Gasteiger partial charge on any atom is -0.497 e. The fourth-order valence-electron chi connectivity index (χ4n) is 3.17. The van der Waals surface area contributed by atoms with Crippen molar-refractivity contribution in [1.29, 1.82) is 0 Å². The normalized spacial score (nSPS) is 13.7. The number of para-hydroxylation sites is 3. The summed E-state index contributed by atoms with van der Waals surface area (Å²) in [6, 6.07) is 28.4. The summed E-state index contributed by atoms with van der Waals surface area (Å²) in [4.78, 5) is 0. The van der Waals surface area contributed by atoms with Crippen LogP contribution in [0.2, 0.25) is 13.1 Å². The van der Waals surface area contributed by atoms with Gasteiger partial charge in [0.25, 0.3) is 0 Å². The van der Waals surface area contributed by atoms with E-state index in [1.54, 1.807) is 6.08 Å². The fraction of sp³-hybridized carbons (Fsp3) is 0.111. The summed E-state index contributed by atoms with van der Waals surface area (Å²) in [5.41, 5.74) is 0. The topological polar surface area (TPSA) is 46.2 Å². The van der Waals surface area contributed by atoms with Crippen LogP contribution in [0.15, 0.2) is 128 Å². The molecule has 0 N–H and O–H groups in total. The van der Waals surface area contributed by atoms with Crippen LogP contribution in [0.4, 0.5) is 0 Å². The largest absolute Gasteiger partial charge is 0.623 e. The zero-order valence-electron chi connectivity index (χ0n) is 19.7. The van der Waals surface area contributed by atoms with Crippen molar-refractivity contribution in [2.24, 2.45) is 0 Å². The lowest BCUT2D eigenvalue weighted by atomic mass is 10.3. The molecule has 0 saturated heterocycles. The summed E-state index contributed by atoms with van der Waals surface area (Å²) in [6.07, 6.45) is 7.19. The van der Waals surface area contributed by atoms with Gasteiger partial charge in [0.05, 0.1) is 5.76 Å². The van der Waals surface area contributed by atoms with Gasteiger partial charge in [-0.1, -0.05) is 79.4 Å². The fourth-order valence-corrected chi connectivity index (χ4v) is 8.96. The Balaban J connectivity index is 1.94. The molecule has 34 heavy (non-hydrogen) atoms. The highest BCUT2D eigenvalue weighted by molar-refractivity contribution is 6.74. The third kappa shape index (κ3) is 8.11. The van der Waals surface area contributed by atoms with E-state index in [1.807, 2.05) is 129 Å². The summed E-state index contributed by atoms with van der Waals surface area (Å²) in [5, 5.41) is 0. The van der Waals surface area contributed by atoms with Gasteiger partial charge in [0.2, 0.25) is 0 Å². The molecule has 0 heterocycles. The van der Waals surface area contributed by atoms with Crippen molar-refractivity contribution in [3.8, 4) is 17.2 Å². The van der Waals surface area contributed by atoms with Gasteiger partial charge in [-0.25, -0.2) is 0 Å². The van der Waals surface area contributed by atoms with E-state index in [4.69, 9.17) is 21.8 Å². The number of benzene rings is 3. The van der Waals surface area contributed by atoms with Crippen LogP contribution in [0.5, 0.6) is 17.2 Å². The number of rotatable bonds is 12. The van der Waals surface area contributed by atoms with Crippen molar-refractivity contribution in [2.75, 3.05) is 0 Å². The molecular formula is C27H30O5Si2. The SMILES string of the molecule is C=C/C=C\C=C(/C)O[Si](C)(Oc1ccccc1)O[Si](C)(Oc1ccccc1)Oc1ccccc1. The van der Waals surface area contributed by atoms with Crippen LogP contribution in [-0.2, 0) is 8.54 Å². The Bertz CT molecular complexity index is 1050. The Morgan fingerprint density at radius 1 is 0.647 bits per heavy atom. The monoisotopic (exact) mass is 490 g/mol. The summed E-state index contributed by atoms with van der Waals surface area (Å²) < 4.78 is 31.9. The van der Waals surface area contributed by atoms with Crippen LogP contribution < -0.4 is 13.3 Å². The second-order valence-corrected chi connectivity index (χ2v) is 12.7. The second-order valence-electron chi connectivity index (χ2n) is 7.57. The lowest BCUT2D eigenvalue weighted by Gasteiger charge is -2.35. The molecule has 0 radical (unpaired) electrons. The van der Waals surface area contributed by atoms with E-state index < -0.39 is 17.6 Å². The molecule has 3 rings (SSSR count). The molecule has 0 aliphatic carbocycles. The van der Waals surface area contributed by atoms with Crippen molar-refractivity contribution >= 4 is 17.6 Å². The molecule has 176 valence electrons. The molecule has 0 amide bonds. The van der Waals surface area contributed by atoms with Gasteiger partial charge in [0.1, 0.15) is 17.2 Å². The van der Waals surface area contributed by atoms with Crippen LogP contribution >= 0.6 is 0 Å². The van der Waals surface area contributed by atoms with Crippen molar-refractivity contribution in [3.05, 3.63) is 128 Å². The first-order valence-corrected chi connectivity index (χ1v) is 15.4. The predicted octanol–water partition coefficient (Wildman–Crippen LogP) is 7.04. The van der Waals surface area contributed by atoms with E-state index in [9.17, 15) is 0 Å². The van der Waals surface area contributed by atoms with Crippen LogP contribution in [0.25, 0.3) is 0 Å². The van der Waals surface area contributed by atoms with Crippen molar-refractivity contribution in [1.82, 2.24) is 0 Å². The molecule has 0 bridgehead atoms. The Hall–Kier alpha value is -3.53. The molecule has 1 unspecified atom stereocenters. The van der Waals surface area contributed by atoms with Gasteiger partial charge >= 0.3 is 17.6 Å². The summed E-state index contributed by atoms with van der Waals surface area (Å²) in [6.45, 7) is 9.22. The Morgan fingerprint density at radius 3 is 1.47 bits per heavy atom. The van der Waals surface area contributed by atoms with E-state index in [0.717, 1.165) is 0 Å². The van der Waals surface area contributed by atoms with Crippen LogP contribution in [0.3, 0.4) is 0 Å². The smallest absolute Gasteiger partial charge is 0.497 e. The summed E-state index contributed by atoms with van der Waals surface area (Å²) in [5.74, 6) is 2.57. The van der Waals surface area contributed by atoms with E-state index in [-0.39, 0.29) is 0 Å². The number of hydrogen-bond donors (Lipinski definition) is 0. The molecule has 0 fully saturated rings. The Labute approximate surface area is 204 Å². The third-order valence-electron chi connectivity index (χ3n) is 4.43. The van der Waals surface area contributed by atoms with Crippen LogP contribution in [0, 0.1) is 0 Å². The van der Waals surface area contributed by atoms with Crippen molar-refractivity contribution < 1.29 is 21.8 Å². The third-order valence-corrected chi connectivity index (χ3v) is 9.91. The number of allylic oxidation sites excluding steroid dienone is 5. The number of hydrogen-bond acceptors (Lipinski definition) is 5. The van der Waals surface area contributed by atoms with Gasteiger partial charge in [-0.3, -0.25) is 0 Å². The van der Waals surface area contributed by atoms with E-state index in [2.05, 4.69) is 6.58 Å². The molecule has 0 aromatic heterocycles. The molecular weight excluding hydrogens is 460 g/mol. The molecule has 3 aromatic rings. The predicted molar refractivity (Wildman–Crippen MR) is 140 cm³/mol. The standard InChI is InChI=1S/C27H30O5Si2/c1-5-6-10-17-24(2)28-33(3,29-25-18-11-7-12-19-25)32-34(4,30-26-20-13-8-14-21-26)31-27-22-15-9-16-23-27/h5-23H,1H2,2-4H3/b10-6-,24-17+. The zero-order valence-corrected chi connectivity index (χ0v) is 21.7. The van der Waals surface area contributed by atoms with Gasteiger partial charge < -0.3 is 21.8 Å².